The average Bonchev–Trinajstić information content (AvgIpc) is 3.32. The Hall–Kier alpha value is -3.50. The summed E-state index contributed by atoms with van der Waals surface area (Å²) in [6.45, 7) is 3.26. The minimum Gasteiger partial charge on any atom is -0.383 e. The average molecular weight is 512 g/mol. The summed E-state index contributed by atoms with van der Waals surface area (Å²) < 4.78 is 1.60. The van der Waals surface area contributed by atoms with Gasteiger partial charge in [-0.25, -0.2) is 9.97 Å². The molecule has 1 fully saturated rings. The van der Waals surface area contributed by atoms with Crippen LogP contribution in [0.15, 0.2) is 36.7 Å². The maximum absolute atomic E-state index is 12.0. The molecule has 3 aromatic heterocycles. The molecule has 0 spiro atoms. The number of halogens is 2. The summed E-state index contributed by atoms with van der Waals surface area (Å²) in [6, 6.07) is 8.81. The fourth-order valence-corrected chi connectivity index (χ4v) is 4.69. The fraction of sp³-hybridized carbons (Fsp3) is 0.304. The zero-order valence-corrected chi connectivity index (χ0v) is 20.5. The summed E-state index contributed by atoms with van der Waals surface area (Å²) in [5.74, 6) is 1.96. The van der Waals surface area contributed by atoms with Gasteiger partial charge in [-0.1, -0.05) is 30.1 Å². The van der Waals surface area contributed by atoms with Gasteiger partial charge in [0.2, 0.25) is 5.65 Å². The Morgan fingerprint density at radius 2 is 2.09 bits per heavy atom. The molecule has 1 aliphatic rings. The molecule has 4 heterocycles. The van der Waals surface area contributed by atoms with Gasteiger partial charge in [0.15, 0.2) is 17.4 Å². The van der Waals surface area contributed by atoms with Crippen LogP contribution in [0, 0.1) is 0 Å². The lowest BCUT2D eigenvalue weighted by molar-refractivity contribution is 0.0989. The van der Waals surface area contributed by atoms with Crippen LogP contribution >= 0.6 is 23.2 Å². The maximum Gasteiger partial charge on any atom is 0.220 e. The number of nitrogens with zero attached hydrogens (tertiary/aromatic N) is 7. The number of Topliss-reactive ketones (excluding diaryl/α,β-unsaturated/α-hetero) is 1. The first-order valence-electron chi connectivity index (χ1n) is 11.3. The molecule has 0 aliphatic carbocycles. The smallest absolute Gasteiger partial charge is 0.220 e. The maximum atomic E-state index is 12.0. The second-order valence-electron chi connectivity index (χ2n) is 8.32. The number of rotatable bonds is 6. The number of hydrogen-bond donors (Lipinski definition) is 2. The molecule has 1 saturated heterocycles. The van der Waals surface area contributed by atoms with Crippen LogP contribution in [0.3, 0.4) is 0 Å². The van der Waals surface area contributed by atoms with Gasteiger partial charge < -0.3 is 16.0 Å². The second-order valence-corrected chi connectivity index (χ2v) is 9.16. The van der Waals surface area contributed by atoms with Gasteiger partial charge in [-0.05, 0) is 43.2 Å². The molecule has 0 amide bonds. The number of aromatic nitrogens is 6. The van der Waals surface area contributed by atoms with Crippen LogP contribution in [0.4, 0.5) is 17.5 Å². The highest BCUT2D eigenvalue weighted by Gasteiger charge is 2.25. The largest absolute Gasteiger partial charge is 0.383 e. The molecule has 10 nitrogen and oxygen atoms in total. The van der Waals surface area contributed by atoms with Crippen LogP contribution in [0.2, 0.25) is 10.0 Å². The predicted octanol–water partition coefficient (Wildman–Crippen LogP) is 4.14. The molecule has 1 atom stereocenters. The van der Waals surface area contributed by atoms with Crippen molar-refractivity contribution >= 4 is 52.1 Å². The van der Waals surface area contributed by atoms with Crippen molar-refractivity contribution in [2.45, 2.75) is 32.2 Å². The van der Waals surface area contributed by atoms with E-state index in [9.17, 15) is 4.79 Å². The zero-order valence-electron chi connectivity index (χ0n) is 18.9. The molecule has 1 aliphatic heterocycles. The Kier molecular flexibility index (Phi) is 6.40. The normalized spacial score (nSPS) is 16.0. The van der Waals surface area contributed by atoms with Crippen molar-refractivity contribution in [2.24, 2.45) is 0 Å². The number of piperidine rings is 1. The Bertz CT molecular complexity index is 1410. The third kappa shape index (κ3) is 4.71. The van der Waals surface area contributed by atoms with Crippen molar-refractivity contribution in [3.8, 4) is 11.4 Å². The number of nitrogens with one attached hydrogen (secondary N) is 1. The number of carbonyl (C=O) groups excluding carboxylic acids is 1. The van der Waals surface area contributed by atoms with E-state index in [1.165, 1.54) is 0 Å². The van der Waals surface area contributed by atoms with E-state index in [-0.39, 0.29) is 17.6 Å². The van der Waals surface area contributed by atoms with Gasteiger partial charge in [-0.3, -0.25) is 4.79 Å². The van der Waals surface area contributed by atoms with Gasteiger partial charge in [-0.2, -0.15) is 4.52 Å². The number of carbonyl (C=O) groups is 1. The first-order valence-corrected chi connectivity index (χ1v) is 12.0. The van der Waals surface area contributed by atoms with Gasteiger partial charge in [0.05, 0.1) is 10.6 Å². The molecule has 4 aromatic rings. The molecule has 35 heavy (non-hydrogen) atoms. The van der Waals surface area contributed by atoms with Gasteiger partial charge >= 0.3 is 0 Å². The molecule has 12 heteroatoms. The zero-order chi connectivity index (χ0) is 24.5. The number of anilines is 3. The van der Waals surface area contributed by atoms with E-state index in [1.54, 1.807) is 48.1 Å². The standard InChI is InChI=1S/C23H23Cl2N9O/c1-2-18(35)16-7-8-19(29-20(16)26)28-14-4-3-9-33(11-14)22-23-31-27-12-34(23)32-21(30-22)15-6-5-13(24)10-17(15)25/h5-8,10,12,14H,2-4,9,11H2,1H3,(H3,26,28,29). The summed E-state index contributed by atoms with van der Waals surface area (Å²) in [5, 5.41) is 17.2. The van der Waals surface area contributed by atoms with E-state index < -0.39 is 0 Å². The Balaban J connectivity index is 1.42. The van der Waals surface area contributed by atoms with Crippen molar-refractivity contribution in [2.75, 3.05) is 29.0 Å². The number of nitrogen functional groups attached to an aromatic ring is 1. The van der Waals surface area contributed by atoms with Crippen LogP contribution in [0.1, 0.15) is 36.5 Å². The summed E-state index contributed by atoms with van der Waals surface area (Å²) in [5.41, 5.74) is 7.71. The van der Waals surface area contributed by atoms with E-state index in [4.69, 9.17) is 33.9 Å². The van der Waals surface area contributed by atoms with Gasteiger partial charge in [0, 0.05) is 36.1 Å². The van der Waals surface area contributed by atoms with Crippen LogP contribution in [0.25, 0.3) is 17.0 Å². The molecule has 5 rings (SSSR count). The molecular weight excluding hydrogens is 489 g/mol. The number of benzene rings is 1. The SMILES string of the molecule is CCC(=O)c1ccc(NC2CCCN(c3nc(-c4ccc(Cl)cc4Cl)nn4cnnc34)C2)nc1N. The van der Waals surface area contributed by atoms with Crippen molar-refractivity contribution < 1.29 is 4.79 Å². The van der Waals surface area contributed by atoms with Crippen molar-refractivity contribution in [3.05, 3.63) is 52.3 Å². The molecule has 3 N–H and O–H groups in total. The number of pyridine rings is 1. The molecule has 180 valence electrons. The highest BCUT2D eigenvalue weighted by molar-refractivity contribution is 6.36. The molecule has 0 saturated carbocycles. The number of fused-ring (bicyclic) bond motifs is 1. The predicted molar refractivity (Wildman–Crippen MR) is 136 cm³/mol. The first kappa shape index (κ1) is 23.3. The monoisotopic (exact) mass is 511 g/mol. The summed E-state index contributed by atoms with van der Waals surface area (Å²) in [6.07, 6.45) is 3.80. The van der Waals surface area contributed by atoms with E-state index in [0.29, 0.717) is 57.2 Å². The third-order valence-electron chi connectivity index (χ3n) is 5.94. The van der Waals surface area contributed by atoms with Crippen LogP contribution in [-0.4, -0.2) is 54.7 Å². The summed E-state index contributed by atoms with van der Waals surface area (Å²) in [7, 11) is 0. The third-order valence-corrected chi connectivity index (χ3v) is 6.48. The molecular formula is C23H23Cl2N9O. The van der Waals surface area contributed by atoms with Gasteiger partial charge in [0.1, 0.15) is 18.0 Å². The lowest BCUT2D eigenvalue weighted by Crippen LogP contribution is -2.43. The lowest BCUT2D eigenvalue weighted by Gasteiger charge is -2.34. The van der Waals surface area contributed by atoms with E-state index in [1.807, 2.05) is 0 Å². The Morgan fingerprint density at radius 1 is 1.23 bits per heavy atom. The molecule has 1 aromatic carbocycles. The Labute approximate surface area is 211 Å². The van der Waals surface area contributed by atoms with Gasteiger partial charge in [-0.15, -0.1) is 15.3 Å². The summed E-state index contributed by atoms with van der Waals surface area (Å²) >= 11 is 12.5. The van der Waals surface area contributed by atoms with Crippen molar-refractivity contribution in [1.82, 2.24) is 29.8 Å². The minimum absolute atomic E-state index is 0.0249. The van der Waals surface area contributed by atoms with Gasteiger partial charge in [0.25, 0.3) is 0 Å². The first-order chi connectivity index (χ1) is 16.9. The second kappa shape index (κ2) is 9.63. The van der Waals surface area contributed by atoms with Crippen molar-refractivity contribution in [1.29, 1.82) is 0 Å². The number of ketones is 1. The number of hydrogen-bond acceptors (Lipinski definition) is 9. The molecule has 1 unspecified atom stereocenters. The highest BCUT2D eigenvalue weighted by Crippen LogP contribution is 2.31. The van der Waals surface area contributed by atoms with E-state index >= 15 is 0 Å². The van der Waals surface area contributed by atoms with E-state index in [2.05, 4.69) is 30.5 Å². The lowest BCUT2D eigenvalue weighted by atomic mass is 10.1. The van der Waals surface area contributed by atoms with Crippen molar-refractivity contribution in [3.63, 3.8) is 0 Å². The Morgan fingerprint density at radius 3 is 2.86 bits per heavy atom. The van der Waals surface area contributed by atoms with Crippen LogP contribution < -0.4 is 16.0 Å². The summed E-state index contributed by atoms with van der Waals surface area (Å²) in [4.78, 5) is 23.4. The van der Waals surface area contributed by atoms with E-state index in [0.717, 1.165) is 19.4 Å². The number of nitrogens with two attached hydrogens (primary N) is 1. The van der Waals surface area contributed by atoms with Crippen LogP contribution in [-0.2, 0) is 0 Å². The van der Waals surface area contributed by atoms with Crippen LogP contribution in [0.5, 0.6) is 0 Å². The fourth-order valence-electron chi connectivity index (χ4n) is 4.20. The molecule has 0 radical (unpaired) electrons. The topological polar surface area (TPSA) is 127 Å². The quantitative estimate of drug-likeness (QED) is 0.366. The molecule has 0 bridgehead atoms. The minimum atomic E-state index is -0.0249. The highest BCUT2D eigenvalue weighted by atomic mass is 35.5.